The normalized spacial score (nSPS) is 12.3. The number of aryl methyl sites for hydroxylation is 1. The Kier molecular flexibility index (Phi) is 5.34. The van der Waals surface area contributed by atoms with Crippen LogP contribution in [0.2, 0.25) is 0 Å². The van der Waals surface area contributed by atoms with Gasteiger partial charge in [0.2, 0.25) is 5.91 Å². The van der Waals surface area contributed by atoms with Crippen LogP contribution >= 0.6 is 0 Å². The van der Waals surface area contributed by atoms with Crippen LogP contribution in [0.3, 0.4) is 0 Å². The number of carbonyl (C=O) groups excluding carboxylic acids is 1. The van der Waals surface area contributed by atoms with Gasteiger partial charge in [0.05, 0.1) is 26.1 Å². The van der Waals surface area contributed by atoms with Crippen molar-refractivity contribution in [1.29, 1.82) is 0 Å². The number of aromatic amines is 1. The Morgan fingerprint density at radius 1 is 1.30 bits per heavy atom. The SMILES string of the molecule is CC[C@H](C)NC(=O)CCn1cnc2c([nH]c3cc(OC)c(OC)cc32)c1=O. The Bertz CT molecular complexity index is 1040. The summed E-state index contributed by atoms with van der Waals surface area (Å²) in [6.45, 7) is 4.23. The van der Waals surface area contributed by atoms with E-state index in [2.05, 4.69) is 15.3 Å². The van der Waals surface area contributed by atoms with Crippen molar-refractivity contribution in [1.82, 2.24) is 19.9 Å². The summed E-state index contributed by atoms with van der Waals surface area (Å²) in [4.78, 5) is 32.3. The molecule has 3 rings (SSSR count). The molecule has 27 heavy (non-hydrogen) atoms. The van der Waals surface area contributed by atoms with Gasteiger partial charge in [0, 0.05) is 30.5 Å². The van der Waals surface area contributed by atoms with E-state index in [4.69, 9.17) is 9.47 Å². The molecule has 2 heterocycles. The van der Waals surface area contributed by atoms with Crippen LogP contribution < -0.4 is 20.3 Å². The zero-order chi connectivity index (χ0) is 19.6. The average molecular weight is 372 g/mol. The van der Waals surface area contributed by atoms with Gasteiger partial charge in [-0.05, 0) is 19.4 Å². The number of nitrogens with zero attached hydrogens (tertiary/aromatic N) is 2. The second-order valence-corrected chi connectivity index (χ2v) is 6.47. The molecule has 8 heteroatoms. The molecule has 0 spiro atoms. The fourth-order valence-electron chi connectivity index (χ4n) is 2.95. The lowest BCUT2D eigenvalue weighted by molar-refractivity contribution is -0.121. The smallest absolute Gasteiger partial charge is 0.277 e. The zero-order valence-electron chi connectivity index (χ0n) is 16.0. The van der Waals surface area contributed by atoms with Crippen LogP contribution in [-0.4, -0.2) is 40.7 Å². The van der Waals surface area contributed by atoms with Crippen molar-refractivity contribution < 1.29 is 14.3 Å². The van der Waals surface area contributed by atoms with Crippen molar-refractivity contribution in [3.05, 3.63) is 28.8 Å². The first-order valence-corrected chi connectivity index (χ1v) is 8.90. The molecule has 2 aromatic heterocycles. The van der Waals surface area contributed by atoms with Gasteiger partial charge in [0.25, 0.3) is 5.56 Å². The van der Waals surface area contributed by atoms with Crippen molar-refractivity contribution in [3.8, 4) is 11.5 Å². The summed E-state index contributed by atoms with van der Waals surface area (Å²) in [5.74, 6) is 1.06. The molecule has 8 nitrogen and oxygen atoms in total. The highest BCUT2D eigenvalue weighted by Gasteiger charge is 2.15. The molecule has 0 saturated heterocycles. The van der Waals surface area contributed by atoms with Crippen molar-refractivity contribution >= 4 is 27.8 Å². The highest BCUT2D eigenvalue weighted by atomic mass is 16.5. The Labute approximate surface area is 156 Å². The topological polar surface area (TPSA) is 98.2 Å². The van der Waals surface area contributed by atoms with E-state index in [-0.39, 0.29) is 30.5 Å². The summed E-state index contributed by atoms with van der Waals surface area (Å²) >= 11 is 0. The number of aromatic nitrogens is 3. The highest BCUT2D eigenvalue weighted by Crippen LogP contribution is 2.34. The van der Waals surface area contributed by atoms with Crippen LogP contribution in [0.4, 0.5) is 0 Å². The maximum atomic E-state index is 12.8. The van der Waals surface area contributed by atoms with Gasteiger partial charge in [0.1, 0.15) is 11.0 Å². The molecule has 1 amide bonds. The molecule has 144 valence electrons. The van der Waals surface area contributed by atoms with Crippen molar-refractivity contribution in [2.24, 2.45) is 0 Å². The Morgan fingerprint density at radius 3 is 2.67 bits per heavy atom. The maximum absolute atomic E-state index is 12.8. The molecule has 2 N–H and O–H groups in total. The van der Waals surface area contributed by atoms with Crippen LogP contribution in [0.5, 0.6) is 11.5 Å². The number of hydrogen-bond acceptors (Lipinski definition) is 5. The molecule has 3 aromatic rings. The third-order valence-corrected chi connectivity index (χ3v) is 4.68. The standard InChI is InChI=1S/C19H24N4O4/c1-5-11(2)21-16(24)6-7-23-10-20-17-12-8-14(26-3)15(27-4)9-13(12)22-18(17)19(23)25/h8-11,22H,5-7H2,1-4H3,(H,21,24)/t11-/m0/s1. The van der Waals surface area contributed by atoms with E-state index in [0.717, 1.165) is 17.3 Å². The van der Waals surface area contributed by atoms with Crippen molar-refractivity contribution in [3.63, 3.8) is 0 Å². The Morgan fingerprint density at radius 2 is 2.00 bits per heavy atom. The third-order valence-electron chi connectivity index (χ3n) is 4.68. The number of hydrogen-bond donors (Lipinski definition) is 2. The second kappa shape index (κ2) is 7.69. The zero-order valence-corrected chi connectivity index (χ0v) is 16.0. The summed E-state index contributed by atoms with van der Waals surface area (Å²) in [5.41, 5.74) is 1.48. The number of methoxy groups -OCH3 is 2. The van der Waals surface area contributed by atoms with Crippen molar-refractivity contribution in [2.75, 3.05) is 14.2 Å². The van der Waals surface area contributed by atoms with Crippen LogP contribution in [0.25, 0.3) is 21.9 Å². The van der Waals surface area contributed by atoms with E-state index in [1.54, 1.807) is 26.4 Å². The highest BCUT2D eigenvalue weighted by molar-refractivity contribution is 6.05. The lowest BCUT2D eigenvalue weighted by Crippen LogP contribution is -2.33. The minimum atomic E-state index is -0.217. The maximum Gasteiger partial charge on any atom is 0.277 e. The number of fused-ring (bicyclic) bond motifs is 3. The lowest BCUT2D eigenvalue weighted by Gasteiger charge is -2.11. The van der Waals surface area contributed by atoms with Gasteiger partial charge < -0.3 is 19.8 Å². The molecular weight excluding hydrogens is 348 g/mol. The van der Waals surface area contributed by atoms with Gasteiger partial charge in [-0.25, -0.2) is 4.98 Å². The number of benzene rings is 1. The largest absolute Gasteiger partial charge is 0.493 e. The minimum absolute atomic E-state index is 0.0810. The number of H-pyrrole nitrogens is 1. The third kappa shape index (κ3) is 3.60. The van der Waals surface area contributed by atoms with E-state index < -0.39 is 0 Å². The van der Waals surface area contributed by atoms with E-state index in [1.807, 2.05) is 13.8 Å². The van der Waals surface area contributed by atoms with E-state index in [9.17, 15) is 9.59 Å². The van der Waals surface area contributed by atoms with E-state index >= 15 is 0 Å². The van der Waals surface area contributed by atoms with Crippen molar-refractivity contribution in [2.45, 2.75) is 39.3 Å². The molecular formula is C19H24N4O4. The molecule has 0 aliphatic rings. The minimum Gasteiger partial charge on any atom is -0.493 e. The van der Waals surface area contributed by atoms with Crippen LogP contribution in [0.1, 0.15) is 26.7 Å². The fraction of sp³-hybridized carbons (Fsp3) is 0.421. The van der Waals surface area contributed by atoms with Gasteiger partial charge in [-0.2, -0.15) is 0 Å². The molecule has 0 aliphatic heterocycles. The van der Waals surface area contributed by atoms with Crippen LogP contribution in [0.15, 0.2) is 23.3 Å². The number of nitrogens with one attached hydrogen (secondary N) is 2. The monoisotopic (exact) mass is 372 g/mol. The van der Waals surface area contributed by atoms with Gasteiger partial charge >= 0.3 is 0 Å². The van der Waals surface area contributed by atoms with E-state index in [1.165, 1.54) is 10.9 Å². The van der Waals surface area contributed by atoms with Gasteiger partial charge in [0.15, 0.2) is 11.5 Å². The summed E-state index contributed by atoms with van der Waals surface area (Å²) < 4.78 is 12.1. The molecule has 1 atom stereocenters. The van der Waals surface area contributed by atoms with Gasteiger partial charge in [-0.1, -0.05) is 6.92 Å². The molecule has 0 aliphatic carbocycles. The van der Waals surface area contributed by atoms with Gasteiger partial charge in [-0.15, -0.1) is 0 Å². The summed E-state index contributed by atoms with van der Waals surface area (Å²) in [5, 5.41) is 3.67. The van der Waals surface area contributed by atoms with E-state index in [0.29, 0.717) is 22.5 Å². The Balaban J connectivity index is 1.94. The first-order chi connectivity index (χ1) is 13.0. The quantitative estimate of drug-likeness (QED) is 0.662. The molecule has 0 fully saturated rings. The fourth-order valence-corrected chi connectivity index (χ4v) is 2.95. The van der Waals surface area contributed by atoms with Crippen LogP contribution in [-0.2, 0) is 11.3 Å². The van der Waals surface area contributed by atoms with Crippen LogP contribution in [0, 0.1) is 0 Å². The number of rotatable bonds is 7. The number of carbonyl (C=O) groups is 1. The number of amides is 1. The lowest BCUT2D eigenvalue weighted by atomic mass is 10.2. The summed E-state index contributed by atoms with van der Waals surface area (Å²) in [6.07, 6.45) is 2.56. The summed E-state index contributed by atoms with van der Waals surface area (Å²) in [7, 11) is 3.12. The molecule has 0 saturated carbocycles. The Hall–Kier alpha value is -3.03. The van der Waals surface area contributed by atoms with Gasteiger partial charge in [-0.3, -0.25) is 14.2 Å². The predicted octanol–water partition coefficient (Wildman–Crippen LogP) is 2.20. The average Bonchev–Trinajstić information content (AvgIpc) is 3.04. The molecule has 0 bridgehead atoms. The molecule has 0 unspecified atom stereocenters. The molecule has 0 radical (unpaired) electrons. The molecule has 1 aromatic carbocycles. The predicted molar refractivity (Wildman–Crippen MR) is 103 cm³/mol. The first kappa shape index (κ1) is 18.8. The first-order valence-electron chi connectivity index (χ1n) is 8.90. The number of ether oxygens (including phenoxy) is 2. The summed E-state index contributed by atoms with van der Waals surface area (Å²) in [6, 6.07) is 3.69. The second-order valence-electron chi connectivity index (χ2n) is 6.47.